The molecule has 0 aliphatic carbocycles. The van der Waals surface area contributed by atoms with E-state index in [0.29, 0.717) is 34.8 Å². The van der Waals surface area contributed by atoms with E-state index in [1.807, 2.05) is 38.1 Å². The standard InChI is InChI=1S/C20H19FN2O/c1-13(2)12-22-20(24)16-11-19(15-8-3-5-9-17(15)21)23-18-10-6-4-7-14(16)18/h3-11,13H,12H2,1-2H3,(H,22,24). The minimum atomic E-state index is -0.353. The molecule has 0 spiro atoms. The van der Waals surface area contributed by atoms with E-state index >= 15 is 0 Å². The van der Waals surface area contributed by atoms with Gasteiger partial charge in [0.05, 0.1) is 16.8 Å². The van der Waals surface area contributed by atoms with Crippen molar-refractivity contribution in [1.82, 2.24) is 10.3 Å². The molecule has 1 N–H and O–H groups in total. The molecule has 0 saturated carbocycles. The molecule has 3 nitrogen and oxygen atoms in total. The smallest absolute Gasteiger partial charge is 0.252 e. The van der Waals surface area contributed by atoms with Gasteiger partial charge in [-0.05, 0) is 30.2 Å². The van der Waals surface area contributed by atoms with Gasteiger partial charge in [0.1, 0.15) is 5.82 Å². The molecule has 0 radical (unpaired) electrons. The summed E-state index contributed by atoms with van der Waals surface area (Å²) in [6.07, 6.45) is 0. The van der Waals surface area contributed by atoms with E-state index in [0.717, 1.165) is 5.39 Å². The molecule has 2 aromatic carbocycles. The fraction of sp³-hybridized carbons (Fsp3) is 0.200. The van der Waals surface area contributed by atoms with E-state index in [4.69, 9.17) is 0 Å². The number of rotatable bonds is 4. The van der Waals surface area contributed by atoms with Gasteiger partial charge in [-0.2, -0.15) is 0 Å². The summed E-state index contributed by atoms with van der Waals surface area (Å²) >= 11 is 0. The number of pyridine rings is 1. The third-order valence-corrected chi connectivity index (χ3v) is 3.78. The zero-order valence-electron chi connectivity index (χ0n) is 13.7. The Labute approximate surface area is 140 Å². The zero-order valence-corrected chi connectivity index (χ0v) is 13.7. The average molecular weight is 322 g/mol. The number of nitrogens with zero attached hydrogens (tertiary/aromatic N) is 1. The van der Waals surface area contributed by atoms with Crippen molar-refractivity contribution in [1.29, 1.82) is 0 Å². The van der Waals surface area contributed by atoms with Gasteiger partial charge in [-0.25, -0.2) is 9.37 Å². The van der Waals surface area contributed by atoms with E-state index in [1.54, 1.807) is 24.3 Å². The Morgan fingerprint density at radius 1 is 1.12 bits per heavy atom. The summed E-state index contributed by atoms with van der Waals surface area (Å²) in [6, 6.07) is 15.5. The predicted molar refractivity (Wildman–Crippen MR) is 94.3 cm³/mol. The molecule has 0 atom stereocenters. The minimum Gasteiger partial charge on any atom is -0.352 e. The zero-order chi connectivity index (χ0) is 17.1. The van der Waals surface area contributed by atoms with Crippen LogP contribution in [0.25, 0.3) is 22.2 Å². The number of hydrogen-bond donors (Lipinski definition) is 1. The van der Waals surface area contributed by atoms with Gasteiger partial charge in [0.15, 0.2) is 0 Å². The van der Waals surface area contributed by atoms with Crippen molar-refractivity contribution < 1.29 is 9.18 Å². The van der Waals surface area contributed by atoms with Crippen molar-refractivity contribution in [3.8, 4) is 11.3 Å². The van der Waals surface area contributed by atoms with Crippen LogP contribution >= 0.6 is 0 Å². The molecule has 0 saturated heterocycles. The highest BCUT2D eigenvalue weighted by molar-refractivity contribution is 6.07. The lowest BCUT2D eigenvalue weighted by molar-refractivity contribution is 0.0950. The second kappa shape index (κ2) is 6.79. The fourth-order valence-electron chi connectivity index (χ4n) is 2.56. The van der Waals surface area contributed by atoms with Crippen LogP contribution in [0.3, 0.4) is 0 Å². The van der Waals surface area contributed by atoms with E-state index in [2.05, 4.69) is 10.3 Å². The summed E-state index contributed by atoms with van der Waals surface area (Å²) < 4.78 is 14.1. The molecular formula is C20H19FN2O. The van der Waals surface area contributed by atoms with Crippen molar-refractivity contribution in [2.75, 3.05) is 6.54 Å². The first-order chi connectivity index (χ1) is 11.6. The topological polar surface area (TPSA) is 42.0 Å². The Morgan fingerprint density at radius 2 is 1.83 bits per heavy atom. The van der Waals surface area contributed by atoms with E-state index in [9.17, 15) is 9.18 Å². The normalized spacial score (nSPS) is 11.0. The highest BCUT2D eigenvalue weighted by atomic mass is 19.1. The lowest BCUT2D eigenvalue weighted by Gasteiger charge is -2.12. The van der Waals surface area contributed by atoms with Gasteiger partial charge in [0, 0.05) is 17.5 Å². The molecule has 0 bridgehead atoms. The maximum atomic E-state index is 14.1. The van der Waals surface area contributed by atoms with Crippen LogP contribution in [0.15, 0.2) is 54.6 Å². The highest BCUT2D eigenvalue weighted by Gasteiger charge is 2.15. The molecule has 0 aliphatic rings. The predicted octanol–water partition coefficient (Wildman–Crippen LogP) is 4.43. The summed E-state index contributed by atoms with van der Waals surface area (Å²) in [5.74, 6) is -0.165. The Kier molecular flexibility index (Phi) is 4.56. The molecule has 0 unspecified atom stereocenters. The summed E-state index contributed by atoms with van der Waals surface area (Å²) in [7, 11) is 0. The van der Waals surface area contributed by atoms with Crippen LogP contribution < -0.4 is 5.32 Å². The van der Waals surface area contributed by atoms with Gasteiger partial charge in [0.25, 0.3) is 5.91 Å². The van der Waals surface area contributed by atoms with Gasteiger partial charge < -0.3 is 5.32 Å². The number of hydrogen-bond acceptors (Lipinski definition) is 2. The fourth-order valence-corrected chi connectivity index (χ4v) is 2.56. The number of aromatic nitrogens is 1. The van der Waals surface area contributed by atoms with E-state index < -0.39 is 0 Å². The number of nitrogens with one attached hydrogen (secondary N) is 1. The van der Waals surface area contributed by atoms with Gasteiger partial charge >= 0.3 is 0 Å². The summed E-state index contributed by atoms with van der Waals surface area (Å²) in [5.41, 5.74) is 2.04. The second-order valence-corrected chi connectivity index (χ2v) is 6.16. The van der Waals surface area contributed by atoms with Crippen molar-refractivity contribution in [3.05, 3.63) is 66.0 Å². The van der Waals surface area contributed by atoms with Crippen LogP contribution in [-0.4, -0.2) is 17.4 Å². The molecule has 24 heavy (non-hydrogen) atoms. The first kappa shape index (κ1) is 16.1. The first-order valence-electron chi connectivity index (χ1n) is 7.99. The molecule has 122 valence electrons. The van der Waals surface area contributed by atoms with Crippen LogP contribution in [0.1, 0.15) is 24.2 Å². The van der Waals surface area contributed by atoms with Crippen molar-refractivity contribution >= 4 is 16.8 Å². The van der Waals surface area contributed by atoms with Gasteiger partial charge in [-0.1, -0.05) is 44.2 Å². The molecule has 4 heteroatoms. The van der Waals surface area contributed by atoms with Crippen LogP contribution in [0.2, 0.25) is 0 Å². The number of fused-ring (bicyclic) bond motifs is 1. The molecule has 0 fully saturated rings. The summed E-state index contributed by atoms with van der Waals surface area (Å²) in [5, 5.41) is 3.69. The van der Waals surface area contributed by atoms with Crippen LogP contribution in [-0.2, 0) is 0 Å². The Bertz CT molecular complexity index is 890. The molecule has 0 aliphatic heterocycles. The number of halogens is 1. The monoisotopic (exact) mass is 322 g/mol. The lowest BCUT2D eigenvalue weighted by Crippen LogP contribution is -2.27. The molecule has 1 aromatic heterocycles. The lowest BCUT2D eigenvalue weighted by atomic mass is 10.0. The van der Waals surface area contributed by atoms with E-state index in [1.165, 1.54) is 6.07 Å². The maximum Gasteiger partial charge on any atom is 0.252 e. The molecule has 1 amide bonds. The molecule has 1 heterocycles. The largest absolute Gasteiger partial charge is 0.352 e. The number of carbonyl (C=O) groups excluding carboxylic acids is 1. The number of benzene rings is 2. The third-order valence-electron chi connectivity index (χ3n) is 3.78. The van der Waals surface area contributed by atoms with Crippen molar-refractivity contribution in [2.24, 2.45) is 5.92 Å². The second-order valence-electron chi connectivity index (χ2n) is 6.16. The van der Waals surface area contributed by atoms with Crippen molar-refractivity contribution in [2.45, 2.75) is 13.8 Å². The summed E-state index contributed by atoms with van der Waals surface area (Å²) in [6.45, 7) is 4.66. The van der Waals surface area contributed by atoms with Crippen LogP contribution in [0.5, 0.6) is 0 Å². The van der Waals surface area contributed by atoms with Gasteiger partial charge in [-0.15, -0.1) is 0 Å². The SMILES string of the molecule is CC(C)CNC(=O)c1cc(-c2ccccc2F)nc2ccccc12. The molecule has 3 rings (SSSR count). The van der Waals surface area contributed by atoms with Gasteiger partial charge in [-0.3, -0.25) is 4.79 Å². The van der Waals surface area contributed by atoms with Crippen LogP contribution in [0.4, 0.5) is 4.39 Å². The minimum absolute atomic E-state index is 0.167. The highest BCUT2D eigenvalue weighted by Crippen LogP contribution is 2.26. The number of carbonyl (C=O) groups is 1. The molecule has 3 aromatic rings. The molecular weight excluding hydrogens is 303 g/mol. The quantitative estimate of drug-likeness (QED) is 0.772. The number of amides is 1. The first-order valence-corrected chi connectivity index (χ1v) is 7.99. The number of para-hydroxylation sites is 1. The third kappa shape index (κ3) is 3.27. The van der Waals surface area contributed by atoms with E-state index in [-0.39, 0.29) is 11.7 Å². The van der Waals surface area contributed by atoms with Gasteiger partial charge in [0.2, 0.25) is 0 Å². The average Bonchev–Trinajstić information content (AvgIpc) is 2.59. The van der Waals surface area contributed by atoms with Crippen LogP contribution in [0, 0.1) is 11.7 Å². The van der Waals surface area contributed by atoms with Crippen molar-refractivity contribution in [3.63, 3.8) is 0 Å². The Hall–Kier alpha value is -2.75. The Balaban J connectivity index is 2.13. The summed E-state index contributed by atoms with van der Waals surface area (Å²) in [4.78, 5) is 17.1. The maximum absolute atomic E-state index is 14.1. The Morgan fingerprint density at radius 3 is 2.58 bits per heavy atom.